The summed E-state index contributed by atoms with van der Waals surface area (Å²) in [5.74, 6) is -0.218. The van der Waals surface area contributed by atoms with Crippen LogP contribution in [-0.2, 0) is 9.47 Å². The van der Waals surface area contributed by atoms with E-state index in [1.807, 2.05) is 13.8 Å². The van der Waals surface area contributed by atoms with Crippen LogP contribution in [0.2, 0.25) is 0 Å². The van der Waals surface area contributed by atoms with Crippen LogP contribution in [-0.4, -0.2) is 35.0 Å². The molecule has 1 aromatic rings. The molecule has 1 fully saturated rings. The molecule has 0 radical (unpaired) electrons. The molecule has 2 rings (SSSR count). The third-order valence-corrected chi connectivity index (χ3v) is 2.68. The number of hydrogen-bond donors (Lipinski definition) is 2. The maximum absolute atomic E-state index is 10.6. The predicted molar refractivity (Wildman–Crippen MR) is 68.7 cm³/mol. The van der Waals surface area contributed by atoms with Crippen molar-refractivity contribution < 1.29 is 14.4 Å². The largest absolute Gasteiger partial charge is 0.378 e. The van der Waals surface area contributed by atoms with Gasteiger partial charge >= 0.3 is 5.69 Å². The second kappa shape index (κ2) is 4.98. The van der Waals surface area contributed by atoms with Gasteiger partial charge in [0.2, 0.25) is 5.82 Å². The lowest BCUT2D eigenvalue weighted by Gasteiger charge is -2.17. The zero-order chi connectivity index (χ0) is 14.0. The summed E-state index contributed by atoms with van der Waals surface area (Å²) >= 11 is 0. The first kappa shape index (κ1) is 13.5. The highest BCUT2D eigenvalue weighted by molar-refractivity contribution is 5.57. The van der Waals surface area contributed by atoms with E-state index in [0.717, 1.165) is 0 Å². The van der Waals surface area contributed by atoms with Crippen LogP contribution in [0.25, 0.3) is 0 Å². The smallest absolute Gasteiger partial charge is 0.311 e. The first-order valence-electron chi connectivity index (χ1n) is 5.84. The third kappa shape index (κ3) is 3.30. The molecule has 8 heteroatoms. The van der Waals surface area contributed by atoms with Crippen molar-refractivity contribution in [2.24, 2.45) is 0 Å². The van der Waals surface area contributed by atoms with Crippen LogP contribution < -0.4 is 11.1 Å². The first-order chi connectivity index (χ1) is 8.87. The van der Waals surface area contributed by atoms with Gasteiger partial charge in [0.05, 0.1) is 11.5 Å². The highest BCUT2D eigenvalue weighted by Crippen LogP contribution is 2.23. The molecule has 104 valence electrons. The SMILES string of the molecule is CC1(C)OCC(CNc2ccc([N+](=O)[O-])c(N)n2)O1. The molecule has 1 unspecified atom stereocenters. The Morgan fingerprint density at radius 3 is 2.89 bits per heavy atom. The highest BCUT2D eigenvalue weighted by Gasteiger charge is 2.32. The molecule has 0 saturated carbocycles. The molecule has 1 atom stereocenters. The molecule has 8 nitrogen and oxygen atoms in total. The standard InChI is InChI=1S/C11H16N4O4/c1-11(2)18-6-7(19-11)5-13-9-4-3-8(15(16)17)10(12)14-9/h3-4,7H,5-6H2,1-2H3,(H3,12,13,14). The van der Waals surface area contributed by atoms with Crippen molar-refractivity contribution >= 4 is 17.3 Å². The van der Waals surface area contributed by atoms with Gasteiger partial charge in [-0.1, -0.05) is 0 Å². The van der Waals surface area contributed by atoms with Gasteiger partial charge in [0.25, 0.3) is 0 Å². The van der Waals surface area contributed by atoms with Crippen LogP contribution in [0.1, 0.15) is 13.8 Å². The van der Waals surface area contributed by atoms with E-state index in [-0.39, 0.29) is 17.6 Å². The number of aromatic nitrogens is 1. The molecule has 1 aliphatic heterocycles. The second-order valence-electron chi connectivity index (χ2n) is 4.69. The number of ether oxygens (including phenoxy) is 2. The van der Waals surface area contributed by atoms with Crippen molar-refractivity contribution in [3.8, 4) is 0 Å². The molecule has 0 amide bonds. The number of rotatable bonds is 4. The number of nitro groups is 1. The minimum absolute atomic E-state index is 0.0896. The Morgan fingerprint density at radius 1 is 1.63 bits per heavy atom. The molecule has 0 spiro atoms. The summed E-state index contributed by atoms with van der Waals surface area (Å²) in [5.41, 5.74) is 5.30. The molecule has 1 aromatic heterocycles. The molecule has 1 aliphatic rings. The third-order valence-electron chi connectivity index (χ3n) is 2.68. The number of nitrogens with one attached hydrogen (secondary N) is 1. The number of nitrogens with zero attached hydrogens (tertiary/aromatic N) is 2. The number of anilines is 2. The molecule has 0 bridgehead atoms. The van der Waals surface area contributed by atoms with Gasteiger partial charge in [-0.25, -0.2) is 4.98 Å². The van der Waals surface area contributed by atoms with Gasteiger partial charge in [0, 0.05) is 12.6 Å². The normalized spacial score (nSPS) is 21.3. The summed E-state index contributed by atoms with van der Waals surface area (Å²) in [7, 11) is 0. The van der Waals surface area contributed by atoms with E-state index in [4.69, 9.17) is 15.2 Å². The quantitative estimate of drug-likeness (QED) is 0.621. The van der Waals surface area contributed by atoms with Gasteiger partial charge in [-0.05, 0) is 19.9 Å². The van der Waals surface area contributed by atoms with Crippen molar-refractivity contribution in [2.45, 2.75) is 25.7 Å². The fourth-order valence-electron chi connectivity index (χ4n) is 1.80. The number of nitrogens with two attached hydrogens (primary N) is 1. The van der Waals surface area contributed by atoms with Gasteiger partial charge in [-0.15, -0.1) is 0 Å². The van der Waals surface area contributed by atoms with Crippen LogP contribution in [0.5, 0.6) is 0 Å². The Bertz CT molecular complexity index is 492. The molecule has 2 heterocycles. The van der Waals surface area contributed by atoms with E-state index >= 15 is 0 Å². The van der Waals surface area contributed by atoms with Crippen LogP contribution in [0.4, 0.5) is 17.3 Å². The Hall–Kier alpha value is -1.93. The van der Waals surface area contributed by atoms with Gasteiger partial charge in [-0.2, -0.15) is 0 Å². The van der Waals surface area contributed by atoms with Crippen molar-refractivity contribution in [2.75, 3.05) is 24.2 Å². The Labute approximate surface area is 110 Å². The van der Waals surface area contributed by atoms with Crippen molar-refractivity contribution in [1.29, 1.82) is 0 Å². The topological polar surface area (TPSA) is 113 Å². The maximum Gasteiger partial charge on any atom is 0.311 e. The lowest BCUT2D eigenvalue weighted by atomic mass is 10.3. The molecular formula is C11H16N4O4. The van der Waals surface area contributed by atoms with Gasteiger partial charge in [0.15, 0.2) is 5.79 Å². The number of nitrogen functional groups attached to an aromatic ring is 1. The first-order valence-corrected chi connectivity index (χ1v) is 5.84. The number of pyridine rings is 1. The summed E-state index contributed by atoms with van der Waals surface area (Å²) in [6.07, 6.45) is -0.0896. The highest BCUT2D eigenvalue weighted by atomic mass is 16.7. The van der Waals surface area contributed by atoms with E-state index in [0.29, 0.717) is 19.0 Å². The summed E-state index contributed by atoms with van der Waals surface area (Å²) < 4.78 is 11.0. The lowest BCUT2D eigenvalue weighted by Crippen LogP contribution is -2.26. The summed E-state index contributed by atoms with van der Waals surface area (Å²) in [6.45, 7) is 4.67. The van der Waals surface area contributed by atoms with E-state index in [1.54, 1.807) is 0 Å². The second-order valence-corrected chi connectivity index (χ2v) is 4.69. The Balaban J connectivity index is 1.94. The minimum atomic E-state index is -0.575. The predicted octanol–water partition coefficient (Wildman–Crippen LogP) is 1.14. The molecule has 0 aliphatic carbocycles. The Morgan fingerprint density at radius 2 is 2.37 bits per heavy atom. The van der Waals surface area contributed by atoms with Gasteiger partial charge in [0.1, 0.15) is 11.9 Å². The van der Waals surface area contributed by atoms with Crippen molar-refractivity contribution in [3.63, 3.8) is 0 Å². The minimum Gasteiger partial charge on any atom is -0.378 e. The summed E-state index contributed by atoms with van der Waals surface area (Å²) in [5, 5.41) is 13.6. The van der Waals surface area contributed by atoms with E-state index in [2.05, 4.69) is 10.3 Å². The molecular weight excluding hydrogens is 252 g/mol. The summed E-state index contributed by atoms with van der Waals surface area (Å²) in [4.78, 5) is 14.0. The lowest BCUT2D eigenvalue weighted by molar-refractivity contribution is -0.384. The maximum atomic E-state index is 10.6. The molecule has 1 saturated heterocycles. The fourth-order valence-corrected chi connectivity index (χ4v) is 1.80. The summed E-state index contributed by atoms with van der Waals surface area (Å²) in [6, 6.07) is 2.83. The Kier molecular flexibility index (Phi) is 3.54. The average molecular weight is 268 g/mol. The van der Waals surface area contributed by atoms with E-state index in [1.165, 1.54) is 12.1 Å². The van der Waals surface area contributed by atoms with Crippen LogP contribution in [0, 0.1) is 10.1 Å². The van der Waals surface area contributed by atoms with E-state index in [9.17, 15) is 10.1 Å². The van der Waals surface area contributed by atoms with Crippen LogP contribution in [0.3, 0.4) is 0 Å². The molecule has 0 aromatic carbocycles. The van der Waals surface area contributed by atoms with Crippen LogP contribution in [0.15, 0.2) is 12.1 Å². The molecule has 3 N–H and O–H groups in total. The van der Waals surface area contributed by atoms with E-state index < -0.39 is 10.7 Å². The zero-order valence-corrected chi connectivity index (χ0v) is 10.8. The monoisotopic (exact) mass is 268 g/mol. The van der Waals surface area contributed by atoms with Gasteiger partial charge in [-0.3, -0.25) is 10.1 Å². The fraction of sp³-hybridized carbons (Fsp3) is 0.545. The average Bonchev–Trinajstić information content (AvgIpc) is 2.66. The van der Waals surface area contributed by atoms with Crippen molar-refractivity contribution in [1.82, 2.24) is 4.98 Å². The number of hydrogen-bond acceptors (Lipinski definition) is 7. The zero-order valence-electron chi connectivity index (χ0n) is 10.8. The van der Waals surface area contributed by atoms with Crippen molar-refractivity contribution in [3.05, 3.63) is 22.2 Å². The van der Waals surface area contributed by atoms with Gasteiger partial charge < -0.3 is 20.5 Å². The van der Waals surface area contributed by atoms with Crippen LogP contribution >= 0.6 is 0 Å². The molecule has 19 heavy (non-hydrogen) atoms.